The van der Waals surface area contributed by atoms with E-state index in [1.807, 2.05) is 20.8 Å². The van der Waals surface area contributed by atoms with Crippen LogP contribution in [0.2, 0.25) is 0 Å². The normalized spacial score (nSPS) is 11.5. The van der Waals surface area contributed by atoms with E-state index in [9.17, 15) is 4.79 Å². The Morgan fingerprint density at radius 3 is 2.71 bits per heavy atom. The van der Waals surface area contributed by atoms with Gasteiger partial charge in [0, 0.05) is 13.2 Å². The van der Waals surface area contributed by atoms with Crippen molar-refractivity contribution in [2.24, 2.45) is 0 Å². The summed E-state index contributed by atoms with van der Waals surface area (Å²) in [4.78, 5) is 11.8. The third-order valence-corrected chi connectivity index (χ3v) is 2.42. The molecule has 0 aliphatic rings. The topological polar surface area (TPSA) is 93.0 Å². The minimum absolute atomic E-state index is 0.231. The maximum atomic E-state index is 11.8. The van der Waals surface area contributed by atoms with Gasteiger partial charge in [0.1, 0.15) is 0 Å². The third-order valence-electron chi connectivity index (χ3n) is 2.42. The van der Waals surface area contributed by atoms with Crippen molar-refractivity contribution in [2.75, 3.05) is 18.9 Å². The van der Waals surface area contributed by atoms with Crippen LogP contribution in [-0.4, -0.2) is 34.9 Å². The van der Waals surface area contributed by atoms with Gasteiger partial charge in [-0.3, -0.25) is 9.89 Å². The molecule has 0 unspecified atom stereocenters. The van der Waals surface area contributed by atoms with E-state index in [0.717, 1.165) is 0 Å². The summed E-state index contributed by atoms with van der Waals surface area (Å²) in [7, 11) is 0. The summed E-state index contributed by atoms with van der Waals surface area (Å²) in [6, 6.07) is 0. The third kappa shape index (κ3) is 3.45. The van der Waals surface area contributed by atoms with Crippen molar-refractivity contribution >= 4 is 11.6 Å². The number of nitrogens with two attached hydrogens (primary N) is 1. The van der Waals surface area contributed by atoms with Gasteiger partial charge in [0.05, 0.1) is 17.0 Å². The summed E-state index contributed by atoms with van der Waals surface area (Å²) in [6.45, 7) is 8.52. The van der Waals surface area contributed by atoms with Crippen LogP contribution >= 0.6 is 0 Å². The SMILES string of the molecule is CCOC(C)(C)CNC(=O)c1n[nH]c(C)c1N. The molecule has 0 saturated heterocycles. The Balaban J connectivity index is 2.59. The van der Waals surface area contributed by atoms with E-state index in [0.29, 0.717) is 24.5 Å². The molecule has 96 valence electrons. The zero-order valence-electron chi connectivity index (χ0n) is 10.8. The van der Waals surface area contributed by atoms with E-state index in [2.05, 4.69) is 15.5 Å². The van der Waals surface area contributed by atoms with Crippen molar-refractivity contribution in [3.05, 3.63) is 11.4 Å². The number of amides is 1. The minimum Gasteiger partial charge on any atom is -0.395 e. The highest BCUT2D eigenvalue weighted by Crippen LogP contribution is 2.13. The standard InChI is InChI=1S/C11H20N4O2/c1-5-17-11(3,4)6-13-10(16)9-8(12)7(2)14-15-9/h5-6,12H2,1-4H3,(H,13,16)(H,14,15). The van der Waals surface area contributed by atoms with Gasteiger partial charge in [-0.25, -0.2) is 0 Å². The molecule has 0 saturated carbocycles. The Morgan fingerprint density at radius 1 is 1.59 bits per heavy atom. The first-order valence-corrected chi connectivity index (χ1v) is 5.60. The molecule has 0 atom stereocenters. The number of carbonyl (C=O) groups is 1. The van der Waals surface area contributed by atoms with Crippen molar-refractivity contribution in [3.8, 4) is 0 Å². The molecule has 0 radical (unpaired) electrons. The number of aryl methyl sites for hydroxylation is 1. The number of nitrogen functional groups attached to an aromatic ring is 1. The monoisotopic (exact) mass is 240 g/mol. The van der Waals surface area contributed by atoms with Crippen LogP contribution in [0.4, 0.5) is 5.69 Å². The van der Waals surface area contributed by atoms with Gasteiger partial charge in [0.2, 0.25) is 0 Å². The Hall–Kier alpha value is -1.56. The Morgan fingerprint density at radius 2 is 2.24 bits per heavy atom. The molecule has 6 nitrogen and oxygen atoms in total. The molecular formula is C11H20N4O2. The number of anilines is 1. The molecule has 17 heavy (non-hydrogen) atoms. The number of nitrogens with zero attached hydrogens (tertiary/aromatic N) is 1. The average Bonchev–Trinajstić information content (AvgIpc) is 2.57. The van der Waals surface area contributed by atoms with E-state index < -0.39 is 5.60 Å². The van der Waals surface area contributed by atoms with Crippen LogP contribution in [0, 0.1) is 6.92 Å². The van der Waals surface area contributed by atoms with Crippen molar-refractivity contribution in [3.63, 3.8) is 0 Å². The van der Waals surface area contributed by atoms with Gasteiger partial charge in [-0.1, -0.05) is 0 Å². The van der Waals surface area contributed by atoms with Crippen LogP contribution in [-0.2, 0) is 4.74 Å². The molecule has 1 rings (SSSR count). The molecule has 1 aromatic heterocycles. The van der Waals surface area contributed by atoms with Gasteiger partial charge < -0.3 is 15.8 Å². The molecule has 1 aromatic rings. The number of aromatic nitrogens is 2. The number of rotatable bonds is 5. The zero-order chi connectivity index (χ0) is 13.1. The van der Waals surface area contributed by atoms with Crippen molar-refractivity contribution in [1.82, 2.24) is 15.5 Å². The lowest BCUT2D eigenvalue weighted by molar-refractivity contribution is -0.00818. The molecule has 4 N–H and O–H groups in total. The fourth-order valence-corrected chi connectivity index (χ4v) is 1.43. The first kappa shape index (κ1) is 13.5. The van der Waals surface area contributed by atoms with Crippen molar-refractivity contribution in [2.45, 2.75) is 33.3 Å². The van der Waals surface area contributed by atoms with Crippen LogP contribution in [0.1, 0.15) is 37.0 Å². The van der Waals surface area contributed by atoms with E-state index in [1.165, 1.54) is 0 Å². The molecule has 0 spiro atoms. The predicted octanol–water partition coefficient (Wildman–Crippen LogP) is 0.845. The number of hydrogen-bond donors (Lipinski definition) is 3. The van der Waals surface area contributed by atoms with Gasteiger partial charge in [-0.2, -0.15) is 5.10 Å². The summed E-state index contributed by atoms with van der Waals surface area (Å²) in [5, 5.41) is 9.28. The van der Waals surface area contributed by atoms with E-state index in [4.69, 9.17) is 10.5 Å². The molecule has 1 heterocycles. The minimum atomic E-state index is -0.398. The molecule has 0 aliphatic heterocycles. The van der Waals surface area contributed by atoms with Crippen LogP contribution in [0.15, 0.2) is 0 Å². The van der Waals surface area contributed by atoms with E-state index in [1.54, 1.807) is 6.92 Å². The zero-order valence-corrected chi connectivity index (χ0v) is 10.8. The number of aromatic amines is 1. The van der Waals surface area contributed by atoms with Gasteiger partial charge in [0.25, 0.3) is 5.91 Å². The van der Waals surface area contributed by atoms with Crippen molar-refractivity contribution in [1.29, 1.82) is 0 Å². The second-order valence-electron chi connectivity index (χ2n) is 4.49. The van der Waals surface area contributed by atoms with Crippen LogP contribution in [0.3, 0.4) is 0 Å². The number of nitrogens with one attached hydrogen (secondary N) is 2. The lowest BCUT2D eigenvalue weighted by atomic mass is 10.1. The maximum absolute atomic E-state index is 11.8. The number of ether oxygens (including phenoxy) is 1. The van der Waals surface area contributed by atoms with E-state index >= 15 is 0 Å². The Labute approximate surface area is 101 Å². The summed E-state index contributed by atoms with van der Waals surface area (Å²) < 4.78 is 5.48. The fraction of sp³-hybridized carbons (Fsp3) is 0.636. The predicted molar refractivity (Wildman–Crippen MR) is 65.8 cm³/mol. The maximum Gasteiger partial charge on any atom is 0.274 e. The van der Waals surface area contributed by atoms with Gasteiger partial charge in [-0.05, 0) is 27.7 Å². The second-order valence-corrected chi connectivity index (χ2v) is 4.49. The molecular weight excluding hydrogens is 220 g/mol. The molecule has 1 amide bonds. The summed E-state index contributed by atoms with van der Waals surface area (Å²) in [5.41, 5.74) is 6.63. The number of H-pyrrole nitrogens is 1. The molecule has 0 fully saturated rings. The highest BCUT2D eigenvalue weighted by Gasteiger charge is 2.21. The fourth-order valence-electron chi connectivity index (χ4n) is 1.43. The smallest absolute Gasteiger partial charge is 0.274 e. The lowest BCUT2D eigenvalue weighted by Gasteiger charge is -2.24. The summed E-state index contributed by atoms with van der Waals surface area (Å²) in [5.74, 6) is -0.292. The summed E-state index contributed by atoms with van der Waals surface area (Å²) in [6.07, 6.45) is 0. The Bertz CT molecular complexity index is 398. The second kappa shape index (κ2) is 5.18. The van der Waals surface area contributed by atoms with Crippen LogP contribution < -0.4 is 11.1 Å². The molecule has 0 bridgehead atoms. The highest BCUT2D eigenvalue weighted by atomic mass is 16.5. The largest absolute Gasteiger partial charge is 0.395 e. The van der Waals surface area contributed by atoms with Gasteiger partial charge in [0.15, 0.2) is 5.69 Å². The van der Waals surface area contributed by atoms with Crippen LogP contribution in [0.5, 0.6) is 0 Å². The molecule has 0 aliphatic carbocycles. The Kier molecular flexibility index (Phi) is 4.11. The first-order chi connectivity index (χ1) is 7.87. The first-order valence-electron chi connectivity index (χ1n) is 5.60. The van der Waals surface area contributed by atoms with Gasteiger partial charge >= 0.3 is 0 Å². The van der Waals surface area contributed by atoms with Crippen LogP contribution in [0.25, 0.3) is 0 Å². The molecule has 0 aromatic carbocycles. The highest BCUT2D eigenvalue weighted by molar-refractivity contribution is 5.97. The average molecular weight is 240 g/mol. The number of carbonyl (C=O) groups excluding carboxylic acids is 1. The molecule has 6 heteroatoms. The van der Waals surface area contributed by atoms with E-state index in [-0.39, 0.29) is 11.6 Å². The van der Waals surface area contributed by atoms with Gasteiger partial charge in [-0.15, -0.1) is 0 Å². The summed E-state index contributed by atoms with van der Waals surface area (Å²) >= 11 is 0. The number of hydrogen-bond acceptors (Lipinski definition) is 4. The van der Waals surface area contributed by atoms with Crippen molar-refractivity contribution < 1.29 is 9.53 Å². The lowest BCUT2D eigenvalue weighted by Crippen LogP contribution is -2.40. The quantitative estimate of drug-likeness (QED) is 0.711.